The van der Waals surface area contributed by atoms with Crippen LogP contribution in [-0.2, 0) is 14.8 Å². The van der Waals surface area contributed by atoms with E-state index < -0.39 is 10.0 Å². The van der Waals surface area contributed by atoms with Crippen LogP contribution in [0, 0.1) is 0 Å². The number of ether oxygens (including phenoxy) is 1. The van der Waals surface area contributed by atoms with Gasteiger partial charge in [-0.25, -0.2) is 8.42 Å². The summed E-state index contributed by atoms with van der Waals surface area (Å²) >= 11 is 0. The summed E-state index contributed by atoms with van der Waals surface area (Å²) in [7, 11) is -3.32. The smallest absolute Gasteiger partial charge is 0.232 e. The Balaban J connectivity index is 1.86. The number of hydrogen-bond donors (Lipinski definition) is 1. The molecule has 1 atom stereocenters. The summed E-state index contributed by atoms with van der Waals surface area (Å²) in [6.45, 7) is 2.36. The molecule has 1 aromatic rings. The lowest BCUT2D eigenvalue weighted by Crippen LogP contribution is -2.44. The molecule has 2 heterocycles. The molecule has 2 aliphatic rings. The van der Waals surface area contributed by atoms with Crippen molar-refractivity contribution >= 4 is 15.7 Å². The van der Waals surface area contributed by atoms with Crippen molar-refractivity contribution in [2.75, 3.05) is 30.3 Å². The normalized spacial score (nSPS) is 25.1. The Kier molecular flexibility index (Phi) is 3.94. The first-order chi connectivity index (χ1) is 10.0. The first-order valence-electron chi connectivity index (χ1n) is 7.39. The highest BCUT2D eigenvalue weighted by atomic mass is 32.2. The molecule has 0 aliphatic carbocycles. The molecular formula is C15H22N2O3S. The summed E-state index contributed by atoms with van der Waals surface area (Å²) in [5.74, 6) is 0. The number of rotatable bonds is 3. The highest BCUT2D eigenvalue weighted by Crippen LogP contribution is 2.38. The third-order valence-corrected chi connectivity index (χ3v) is 5.63. The van der Waals surface area contributed by atoms with Crippen molar-refractivity contribution in [3.05, 3.63) is 30.3 Å². The maximum Gasteiger partial charge on any atom is 0.232 e. The number of sulfonamides is 1. The molecule has 1 spiro atoms. The van der Waals surface area contributed by atoms with Gasteiger partial charge in [-0.1, -0.05) is 18.2 Å². The van der Waals surface area contributed by atoms with Gasteiger partial charge in [-0.15, -0.1) is 0 Å². The lowest BCUT2D eigenvalue weighted by Gasteiger charge is -2.34. The van der Waals surface area contributed by atoms with E-state index in [4.69, 9.17) is 4.74 Å². The van der Waals surface area contributed by atoms with Crippen LogP contribution in [0.5, 0.6) is 0 Å². The molecule has 5 nitrogen and oxygen atoms in total. The predicted molar refractivity (Wildman–Crippen MR) is 83.0 cm³/mol. The molecule has 116 valence electrons. The van der Waals surface area contributed by atoms with Gasteiger partial charge in [0.05, 0.1) is 30.2 Å². The van der Waals surface area contributed by atoms with Gasteiger partial charge in [0.1, 0.15) is 0 Å². The third-order valence-electron chi connectivity index (χ3n) is 4.40. The first-order valence-corrected chi connectivity index (χ1v) is 9.24. The standard InChI is InChI=1S/C15H22N2O3S/c1-21(18,19)17(13-5-3-2-4-6-13)14-11-15(20-12-14)7-9-16-10-8-15/h2-6,14,16H,7-12H2,1H3/t14-/m1/s1. The van der Waals surface area contributed by atoms with Crippen LogP contribution in [-0.4, -0.2) is 46.0 Å². The summed E-state index contributed by atoms with van der Waals surface area (Å²) in [5, 5.41) is 3.33. The van der Waals surface area contributed by atoms with Crippen molar-refractivity contribution in [3.8, 4) is 0 Å². The summed E-state index contributed by atoms with van der Waals surface area (Å²) in [6, 6.07) is 9.19. The Morgan fingerprint density at radius 1 is 1.24 bits per heavy atom. The van der Waals surface area contributed by atoms with Crippen molar-refractivity contribution in [2.24, 2.45) is 0 Å². The van der Waals surface area contributed by atoms with Crippen LogP contribution in [0.2, 0.25) is 0 Å². The molecule has 2 aliphatic heterocycles. The van der Waals surface area contributed by atoms with Crippen molar-refractivity contribution in [2.45, 2.75) is 30.9 Å². The van der Waals surface area contributed by atoms with Gasteiger partial charge < -0.3 is 10.1 Å². The fraction of sp³-hybridized carbons (Fsp3) is 0.600. The molecule has 0 radical (unpaired) electrons. The molecule has 0 aromatic heterocycles. The largest absolute Gasteiger partial charge is 0.373 e. The lowest BCUT2D eigenvalue weighted by molar-refractivity contribution is -0.0192. The Morgan fingerprint density at radius 2 is 1.90 bits per heavy atom. The number of piperidine rings is 1. The first kappa shape index (κ1) is 14.8. The van der Waals surface area contributed by atoms with E-state index in [1.54, 1.807) is 0 Å². The lowest BCUT2D eigenvalue weighted by atomic mass is 9.88. The second-order valence-electron chi connectivity index (χ2n) is 6.00. The third kappa shape index (κ3) is 3.07. The number of anilines is 1. The van der Waals surface area contributed by atoms with Crippen molar-refractivity contribution < 1.29 is 13.2 Å². The fourth-order valence-electron chi connectivity index (χ4n) is 3.45. The van der Waals surface area contributed by atoms with Gasteiger partial charge in [-0.2, -0.15) is 0 Å². The maximum absolute atomic E-state index is 12.2. The molecule has 2 fully saturated rings. The molecule has 3 rings (SSSR count). The Labute approximate surface area is 126 Å². The van der Waals surface area contributed by atoms with Gasteiger partial charge >= 0.3 is 0 Å². The second kappa shape index (κ2) is 5.59. The topological polar surface area (TPSA) is 58.6 Å². The highest BCUT2D eigenvalue weighted by molar-refractivity contribution is 7.92. The number of nitrogens with zero attached hydrogens (tertiary/aromatic N) is 1. The van der Waals surface area contributed by atoms with E-state index in [0.717, 1.165) is 38.0 Å². The van der Waals surface area contributed by atoms with E-state index in [-0.39, 0.29) is 11.6 Å². The van der Waals surface area contributed by atoms with E-state index in [9.17, 15) is 8.42 Å². The minimum Gasteiger partial charge on any atom is -0.373 e. The molecule has 0 amide bonds. The average Bonchev–Trinajstić information content (AvgIpc) is 2.82. The fourth-order valence-corrected chi connectivity index (χ4v) is 4.63. The van der Waals surface area contributed by atoms with Crippen LogP contribution in [0.3, 0.4) is 0 Å². The molecule has 0 bridgehead atoms. The van der Waals surface area contributed by atoms with Crippen LogP contribution >= 0.6 is 0 Å². The number of hydrogen-bond acceptors (Lipinski definition) is 4. The number of benzene rings is 1. The minimum atomic E-state index is -3.32. The predicted octanol–water partition coefficient (Wildman–Crippen LogP) is 1.36. The summed E-state index contributed by atoms with van der Waals surface area (Å²) in [4.78, 5) is 0. The van der Waals surface area contributed by atoms with Gasteiger partial charge in [-0.3, -0.25) is 4.31 Å². The van der Waals surface area contributed by atoms with Crippen LogP contribution < -0.4 is 9.62 Å². The molecular weight excluding hydrogens is 288 g/mol. The number of nitrogens with one attached hydrogen (secondary N) is 1. The summed E-state index contributed by atoms with van der Waals surface area (Å²) in [6.07, 6.45) is 3.95. The minimum absolute atomic E-state index is 0.111. The summed E-state index contributed by atoms with van der Waals surface area (Å²) < 4.78 is 32.1. The number of para-hydroxylation sites is 1. The van der Waals surface area contributed by atoms with Gasteiger partial charge in [0.2, 0.25) is 10.0 Å². The second-order valence-corrected chi connectivity index (χ2v) is 7.86. The maximum atomic E-state index is 12.2. The highest BCUT2D eigenvalue weighted by Gasteiger charge is 2.45. The quantitative estimate of drug-likeness (QED) is 0.916. The Morgan fingerprint density at radius 3 is 2.52 bits per heavy atom. The van der Waals surface area contributed by atoms with Crippen molar-refractivity contribution in [1.29, 1.82) is 0 Å². The Hall–Kier alpha value is -1.11. The van der Waals surface area contributed by atoms with E-state index in [1.165, 1.54) is 10.6 Å². The van der Waals surface area contributed by atoms with Gasteiger partial charge in [0.25, 0.3) is 0 Å². The van der Waals surface area contributed by atoms with Crippen LogP contribution in [0.4, 0.5) is 5.69 Å². The van der Waals surface area contributed by atoms with Gasteiger partial charge in [-0.05, 0) is 38.1 Å². The SMILES string of the molecule is CS(=O)(=O)N(c1ccccc1)[C@H]1COC2(CCNCC2)C1. The van der Waals surface area contributed by atoms with Crippen LogP contribution in [0.1, 0.15) is 19.3 Å². The van der Waals surface area contributed by atoms with E-state index in [2.05, 4.69) is 5.32 Å². The molecule has 2 saturated heterocycles. The zero-order valence-corrected chi connectivity index (χ0v) is 13.1. The van der Waals surface area contributed by atoms with Crippen molar-refractivity contribution in [3.63, 3.8) is 0 Å². The van der Waals surface area contributed by atoms with Gasteiger partial charge in [0.15, 0.2) is 0 Å². The Bertz CT molecular complexity index is 582. The molecule has 21 heavy (non-hydrogen) atoms. The summed E-state index contributed by atoms with van der Waals surface area (Å²) in [5.41, 5.74) is 0.577. The zero-order chi connectivity index (χ0) is 14.9. The van der Waals surface area contributed by atoms with Crippen LogP contribution in [0.25, 0.3) is 0 Å². The molecule has 1 N–H and O–H groups in total. The molecule has 0 unspecified atom stereocenters. The average molecular weight is 310 g/mol. The molecule has 0 saturated carbocycles. The zero-order valence-electron chi connectivity index (χ0n) is 12.3. The molecule has 6 heteroatoms. The van der Waals surface area contributed by atoms with Crippen LogP contribution in [0.15, 0.2) is 30.3 Å². The molecule has 1 aromatic carbocycles. The van der Waals surface area contributed by atoms with Gasteiger partial charge in [0, 0.05) is 6.42 Å². The van der Waals surface area contributed by atoms with E-state index >= 15 is 0 Å². The van der Waals surface area contributed by atoms with Crippen molar-refractivity contribution in [1.82, 2.24) is 5.32 Å². The van der Waals surface area contributed by atoms with E-state index in [0.29, 0.717) is 6.61 Å². The monoisotopic (exact) mass is 310 g/mol. The van der Waals surface area contributed by atoms with E-state index in [1.807, 2.05) is 30.3 Å².